The number of Topliss-reactive ketones (excluding diaryl/α,β-unsaturated/α-hetero) is 1. The molecule has 0 amide bonds. The van der Waals surface area contributed by atoms with E-state index in [0.717, 1.165) is 23.4 Å². The molecule has 0 fully saturated rings. The van der Waals surface area contributed by atoms with Crippen molar-refractivity contribution >= 4 is 27.3 Å². The summed E-state index contributed by atoms with van der Waals surface area (Å²) in [5.74, 6) is 0.289. The van der Waals surface area contributed by atoms with Crippen molar-refractivity contribution in [2.75, 3.05) is 0 Å². The molecule has 0 saturated heterocycles. The summed E-state index contributed by atoms with van der Waals surface area (Å²) in [7, 11) is 0. The molecule has 0 saturated carbocycles. The van der Waals surface area contributed by atoms with Gasteiger partial charge in [-0.3, -0.25) is 4.98 Å². The van der Waals surface area contributed by atoms with E-state index in [1.165, 1.54) is 4.70 Å². The van der Waals surface area contributed by atoms with E-state index in [0.29, 0.717) is 0 Å². The molecule has 4 heteroatoms. The second-order valence-electron chi connectivity index (χ2n) is 3.53. The van der Waals surface area contributed by atoms with Crippen LogP contribution in [-0.4, -0.2) is 15.8 Å². The molecule has 2 aromatic heterocycles. The first-order chi connectivity index (χ1) is 8.63. The monoisotopic (exact) mass is 266 g/mol. The first-order valence-corrected chi connectivity index (χ1v) is 7.11. The number of ketones is 1. The number of fused-ring (bicyclic) bond motifs is 1. The molecule has 0 aliphatic heterocycles. The van der Waals surface area contributed by atoms with Crippen molar-refractivity contribution in [1.82, 2.24) is 9.97 Å². The third kappa shape index (κ3) is 6.45. The number of rotatable bonds is 2. The van der Waals surface area contributed by atoms with Gasteiger partial charge in [0.25, 0.3) is 0 Å². The van der Waals surface area contributed by atoms with Gasteiger partial charge in [0.2, 0.25) is 0 Å². The van der Waals surface area contributed by atoms with E-state index >= 15 is 0 Å². The van der Waals surface area contributed by atoms with Gasteiger partial charge in [-0.05, 0) is 26.3 Å². The Labute approximate surface area is 113 Å². The molecule has 0 unspecified atom stereocenters. The highest BCUT2D eigenvalue weighted by Crippen LogP contribution is 2.18. The van der Waals surface area contributed by atoms with Gasteiger partial charge in [0.1, 0.15) is 5.78 Å². The van der Waals surface area contributed by atoms with Crippen LogP contribution in [0.15, 0.2) is 18.5 Å². The third-order valence-corrected chi connectivity index (χ3v) is 2.82. The lowest BCUT2D eigenvalue weighted by atomic mass is 10.3. The maximum Gasteiger partial charge on any atom is 0.129 e. The second kappa shape index (κ2) is 9.71. The number of aryl methyl sites for hydroxylation is 1. The van der Waals surface area contributed by atoms with Gasteiger partial charge in [-0.1, -0.05) is 20.8 Å². The maximum atomic E-state index is 10.0. The van der Waals surface area contributed by atoms with Crippen LogP contribution < -0.4 is 0 Å². The zero-order chi connectivity index (χ0) is 14.0. The minimum Gasteiger partial charge on any atom is -0.300 e. The van der Waals surface area contributed by atoms with Gasteiger partial charge in [-0.15, -0.1) is 11.3 Å². The molecule has 0 aromatic carbocycles. The fraction of sp³-hybridized carbons (Fsp3) is 0.500. The minimum absolute atomic E-state index is 0.289. The topological polar surface area (TPSA) is 42.9 Å². The average molecular weight is 266 g/mol. The number of hydrogen-bond acceptors (Lipinski definition) is 4. The summed E-state index contributed by atoms with van der Waals surface area (Å²) in [6.07, 6.45) is 5.33. The highest BCUT2D eigenvalue weighted by molar-refractivity contribution is 7.18. The molecule has 100 valence electrons. The van der Waals surface area contributed by atoms with E-state index in [4.69, 9.17) is 0 Å². The molecule has 0 N–H and O–H groups in total. The minimum atomic E-state index is 0.289. The largest absolute Gasteiger partial charge is 0.300 e. The maximum absolute atomic E-state index is 10.0. The van der Waals surface area contributed by atoms with E-state index in [1.54, 1.807) is 24.5 Å². The molecule has 0 spiro atoms. The first-order valence-electron chi connectivity index (χ1n) is 6.30. The zero-order valence-electron chi connectivity index (χ0n) is 11.9. The number of hydrogen-bond donors (Lipinski definition) is 0. The van der Waals surface area contributed by atoms with Crippen LogP contribution in [0.5, 0.6) is 0 Å². The number of carbonyl (C=O) groups excluding carboxylic acids is 1. The third-order valence-electron chi connectivity index (χ3n) is 1.90. The molecule has 2 aromatic rings. The van der Waals surface area contributed by atoms with Crippen molar-refractivity contribution in [1.29, 1.82) is 0 Å². The molecular weight excluding hydrogens is 244 g/mol. The number of thiazole rings is 1. The smallest absolute Gasteiger partial charge is 0.129 e. The summed E-state index contributed by atoms with van der Waals surface area (Å²) in [5.41, 5.74) is 1.05. The summed E-state index contributed by atoms with van der Waals surface area (Å²) >= 11 is 1.68. The highest BCUT2D eigenvalue weighted by Gasteiger charge is 1.96. The lowest BCUT2D eigenvalue weighted by molar-refractivity contribution is -0.117. The Morgan fingerprint density at radius 2 is 2.06 bits per heavy atom. The van der Waals surface area contributed by atoms with Gasteiger partial charge in [-0.25, -0.2) is 4.98 Å². The molecule has 0 aliphatic carbocycles. The van der Waals surface area contributed by atoms with Crippen LogP contribution in [0.1, 0.15) is 45.5 Å². The molecule has 2 heterocycles. The van der Waals surface area contributed by atoms with E-state index in [9.17, 15) is 4.79 Å². The lowest BCUT2D eigenvalue weighted by Gasteiger charge is -1.80. The van der Waals surface area contributed by atoms with Crippen molar-refractivity contribution in [3.05, 3.63) is 23.5 Å². The SMILES string of the molecule is CC.CCCC(C)=O.Cc1nc2ccncc2s1. The van der Waals surface area contributed by atoms with Crippen molar-refractivity contribution in [2.45, 2.75) is 47.5 Å². The second-order valence-corrected chi connectivity index (χ2v) is 4.76. The average Bonchev–Trinajstić information content (AvgIpc) is 2.72. The first kappa shape index (κ1) is 16.7. The summed E-state index contributed by atoms with van der Waals surface area (Å²) in [4.78, 5) is 18.3. The van der Waals surface area contributed by atoms with Crippen molar-refractivity contribution in [3.63, 3.8) is 0 Å². The predicted octanol–water partition coefficient (Wildman–Crippen LogP) is 4.40. The molecular formula is C14H22N2OS. The van der Waals surface area contributed by atoms with Gasteiger partial charge < -0.3 is 4.79 Å². The van der Waals surface area contributed by atoms with Crippen LogP contribution in [0.2, 0.25) is 0 Å². The van der Waals surface area contributed by atoms with Gasteiger partial charge in [0.05, 0.1) is 15.2 Å². The van der Waals surface area contributed by atoms with Gasteiger partial charge in [0, 0.05) is 18.8 Å². The van der Waals surface area contributed by atoms with Gasteiger partial charge in [0.15, 0.2) is 0 Å². The van der Waals surface area contributed by atoms with Gasteiger partial charge in [-0.2, -0.15) is 0 Å². The molecule has 0 radical (unpaired) electrons. The fourth-order valence-electron chi connectivity index (χ4n) is 1.25. The van der Waals surface area contributed by atoms with Crippen LogP contribution in [-0.2, 0) is 4.79 Å². The van der Waals surface area contributed by atoms with Crippen molar-refractivity contribution < 1.29 is 4.79 Å². The quantitative estimate of drug-likeness (QED) is 0.809. The zero-order valence-corrected chi connectivity index (χ0v) is 12.7. The van der Waals surface area contributed by atoms with E-state index in [1.807, 2.05) is 40.0 Å². The number of pyridine rings is 1. The normalized spacial score (nSPS) is 8.94. The standard InChI is InChI=1S/C7H6N2S.C5H10O.C2H6/c1-5-9-6-2-3-8-4-7(6)10-5;1-3-4-5(2)6;1-2/h2-4H,1H3;3-4H2,1-2H3;1-2H3. The van der Waals surface area contributed by atoms with Crippen LogP contribution in [0.4, 0.5) is 0 Å². The van der Waals surface area contributed by atoms with Gasteiger partial charge >= 0.3 is 0 Å². The Hall–Kier alpha value is -1.29. The van der Waals surface area contributed by atoms with E-state index in [-0.39, 0.29) is 5.78 Å². The number of carbonyl (C=O) groups is 1. The van der Waals surface area contributed by atoms with Crippen LogP contribution in [0, 0.1) is 6.92 Å². The Bertz CT molecular complexity index is 433. The summed E-state index contributed by atoms with van der Waals surface area (Å²) in [5, 5.41) is 1.10. The highest BCUT2D eigenvalue weighted by atomic mass is 32.1. The van der Waals surface area contributed by atoms with E-state index in [2.05, 4.69) is 9.97 Å². The summed E-state index contributed by atoms with van der Waals surface area (Å²) < 4.78 is 1.17. The summed E-state index contributed by atoms with van der Waals surface area (Å²) in [6.45, 7) is 9.62. The van der Waals surface area contributed by atoms with Crippen LogP contribution >= 0.6 is 11.3 Å². The van der Waals surface area contributed by atoms with Crippen LogP contribution in [0.3, 0.4) is 0 Å². The van der Waals surface area contributed by atoms with Crippen molar-refractivity contribution in [3.8, 4) is 0 Å². The summed E-state index contributed by atoms with van der Waals surface area (Å²) in [6, 6.07) is 1.93. The Morgan fingerprint density at radius 3 is 2.50 bits per heavy atom. The van der Waals surface area contributed by atoms with Crippen molar-refractivity contribution in [2.24, 2.45) is 0 Å². The molecule has 3 nitrogen and oxygen atoms in total. The molecule has 0 atom stereocenters. The van der Waals surface area contributed by atoms with E-state index < -0.39 is 0 Å². The fourth-order valence-corrected chi connectivity index (χ4v) is 2.04. The Morgan fingerprint density at radius 1 is 1.39 bits per heavy atom. The lowest BCUT2D eigenvalue weighted by Crippen LogP contribution is -1.84. The molecule has 0 aliphatic rings. The predicted molar refractivity (Wildman–Crippen MR) is 79.1 cm³/mol. The number of aromatic nitrogens is 2. The Balaban J connectivity index is 0.000000315. The molecule has 18 heavy (non-hydrogen) atoms. The number of nitrogens with zero attached hydrogens (tertiary/aromatic N) is 2. The van der Waals surface area contributed by atoms with Crippen LogP contribution in [0.25, 0.3) is 10.2 Å². The Kier molecular flexibility index (Phi) is 9.01. The molecule has 0 bridgehead atoms. The molecule has 2 rings (SSSR count).